The summed E-state index contributed by atoms with van der Waals surface area (Å²) in [4.78, 5) is 4.40. The minimum absolute atomic E-state index is 0.133. The van der Waals surface area contributed by atoms with Crippen LogP contribution in [0.15, 0.2) is 4.52 Å². The third kappa shape index (κ3) is 6.41. The van der Waals surface area contributed by atoms with E-state index in [4.69, 9.17) is 4.52 Å². The Morgan fingerprint density at radius 2 is 1.76 bits per heavy atom. The van der Waals surface area contributed by atoms with Gasteiger partial charge in [-0.2, -0.15) is 4.98 Å². The first-order chi connectivity index (χ1) is 7.66. The van der Waals surface area contributed by atoms with Crippen LogP contribution in [0.4, 0.5) is 0 Å². The smallest absolute Gasteiger partial charge is 0.227 e. The molecule has 0 amide bonds. The second-order valence-corrected chi connectivity index (χ2v) is 6.77. The van der Waals surface area contributed by atoms with E-state index in [1.807, 2.05) is 0 Å². The Hall–Kier alpha value is -0.900. The lowest BCUT2D eigenvalue weighted by Crippen LogP contribution is -2.37. The molecule has 4 nitrogen and oxygen atoms in total. The molecule has 0 radical (unpaired) electrons. The molecule has 0 saturated heterocycles. The lowest BCUT2D eigenvalue weighted by atomic mass is 9.92. The number of nitrogens with zero attached hydrogens (tertiary/aromatic N) is 2. The van der Waals surface area contributed by atoms with Gasteiger partial charge in [0.15, 0.2) is 5.82 Å². The predicted molar refractivity (Wildman–Crippen MR) is 68.9 cm³/mol. The Bertz CT molecular complexity index is 344. The minimum Gasteiger partial charge on any atom is -0.339 e. The van der Waals surface area contributed by atoms with Crippen molar-refractivity contribution >= 4 is 0 Å². The average molecular weight is 239 g/mol. The van der Waals surface area contributed by atoms with E-state index in [2.05, 4.69) is 57.0 Å². The fourth-order valence-corrected chi connectivity index (χ4v) is 1.48. The first-order valence-corrected chi connectivity index (χ1v) is 6.22. The van der Waals surface area contributed by atoms with Gasteiger partial charge in [-0.15, -0.1) is 0 Å². The maximum Gasteiger partial charge on any atom is 0.227 e. The standard InChI is InChI=1S/C13H25N3O/c1-12(2,3)9-10-15-11(17-16-10)7-8-14-13(4,5)6/h14H,7-9H2,1-6H3. The molecule has 0 atom stereocenters. The Labute approximate surface area is 104 Å². The first-order valence-electron chi connectivity index (χ1n) is 6.22. The molecule has 1 aromatic heterocycles. The van der Waals surface area contributed by atoms with E-state index < -0.39 is 0 Å². The van der Waals surface area contributed by atoms with Crippen molar-refractivity contribution in [2.24, 2.45) is 5.41 Å². The SMILES string of the molecule is CC(C)(C)Cc1noc(CCNC(C)(C)C)n1. The summed E-state index contributed by atoms with van der Waals surface area (Å²) in [5, 5.41) is 7.40. The zero-order valence-corrected chi connectivity index (χ0v) is 11.9. The van der Waals surface area contributed by atoms with Gasteiger partial charge in [0.05, 0.1) is 0 Å². The number of aromatic nitrogens is 2. The summed E-state index contributed by atoms with van der Waals surface area (Å²) in [6.07, 6.45) is 1.64. The van der Waals surface area contributed by atoms with E-state index in [1.54, 1.807) is 0 Å². The molecule has 1 rings (SSSR count). The van der Waals surface area contributed by atoms with Crippen molar-refractivity contribution in [3.05, 3.63) is 11.7 Å². The fraction of sp³-hybridized carbons (Fsp3) is 0.846. The summed E-state index contributed by atoms with van der Waals surface area (Å²) >= 11 is 0. The van der Waals surface area contributed by atoms with E-state index in [1.165, 1.54) is 0 Å². The Morgan fingerprint density at radius 1 is 1.12 bits per heavy atom. The van der Waals surface area contributed by atoms with Crippen LogP contribution in [0.5, 0.6) is 0 Å². The molecule has 0 aliphatic rings. The van der Waals surface area contributed by atoms with Crippen LogP contribution >= 0.6 is 0 Å². The maximum absolute atomic E-state index is 5.22. The highest BCUT2D eigenvalue weighted by Gasteiger charge is 2.16. The van der Waals surface area contributed by atoms with E-state index in [-0.39, 0.29) is 11.0 Å². The molecule has 4 heteroatoms. The van der Waals surface area contributed by atoms with Crippen molar-refractivity contribution < 1.29 is 4.52 Å². The van der Waals surface area contributed by atoms with Crippen LogP contribution < -0.4 is 5.32 Å². The van der Waals surface area contributed by atoms with Crippen molar-refractivity contribution in [3.8, 4) is 0 Å². The summed E-state index contributed by atoms with van der Waals surface area (Å²) in [5.41, 5.74) is 0.332. The molecule has 98 valence electrons. The van der Waals surface area contributed by atoms with Gasteiger partial charge in [-0.05, 0) is 26.2 Å². The highest BCUT2D eigenvalue weighted by molar-refractivity contribution is 4.90. The highest BCUT2D eigenvalue weighted by Crippen LogP contribution is 2.18. The molecule has 1 N–H and O–H groups in total. The van der Waals surface area contributed by atoms with Crippen molar-refractivity contribution in [3.63, 3.8) is 0 Å². The van der Waals surface area contributed by atoms with E-state index >= 15 is 0 Å². The van der Waals surface area contributed by atoms with E-state index in [0.29, 0.717) is 0 Å². The summed E-state index contributed by atoms with van der Waals surface area (Å²) in [5.74, 6) is 1.53. The second kappa shape index (κ2) is 5.17. The highest BCUT2D eigenvalue weighted by atomic mass is 16.5. The molecule has 0 spiro atoms. The van der Waals surface area contributed by atoms with Crippen LogP contribution in [0.2, 0.25) is 0 Å². The third-order valence-corrected chi connectivity index (χ3v) is 2.19. The van der Waals surface area contributed by atoms with Crippen LogP contribution in [-0.2, 0) is 12.8 Å². The molecule has 1 heterocycles. The van der Waals surface area contributed by atoms with Gasteiger partial charge in [-0.3, -0.25) is 0 Å². The third-order valence-electron chi connectivity index (χ3n) is 2.19. The van der Waals surface area contributed by atoms with Crippen molar-refractivity contribution in [1.29, 1.82) is 0 Å². The largest absolute Gasteiger partial charge is 0.339 e. The molecule has 17 heavy (non-hydrogen) atoms. The predicted octanol–water partition coefficient (Wildman–Crippen LogP) is 2.59. The quantitative estimate of drug-likeness (QED) is 0.877. The molecule has 0 fully saturated rings. The summed E-state index contributed by atoms with van der Waals surface area (Å²) in [7, 11) is 0. The normalized spacial score (nSPS) is 13.1. The number of hydrogen-bond acceptors (Lipinski definition) is 4. The summed E-state index contributed by atoms with van der Waals surface area (Å²) < 4.78 is 5.22. The minimum atomic E-state index is 0.133. The monoisotopic (exact) mass is 239 g/mol. The zero-order valence-electron chi connectivity index (χ0n) is 11.9. The fourth-order valence-electron chi connectivity index (χ4n) is 1.48. The van der Waals surface area contributed by atoms with Gasteiger partial charge in [-0.1, -0.05) is 25.9 Å². The average Bonchev–Trinajstić information content (AvgIpc) is 2.46. The molecule has 0 unspecified atom stereocenters. The molecule has 0 aliphatic heterocycles. The lowest BCUT2D eigenvalue weighted by Gasteiger charge is -2.19. The summed E-state index contributed by atoms with van der Waals surface area (Å²) in [6.45, 7) is 13.8. The molecular weight excluding hydrogens is 214 g/mol. The van der Waals surface area contributed by atoms with Gasteiger partial charge in [0.2, 0.25) is 5.89 Å². The van der Waals surface area contributed by atoms with E-state index in [9.17, 15) is 0 Å². The molecule has 0 saturated carbocycles. The van der Waals surface area contributed by atoms with Crippen LogP contribution in [0.1, 0.15) is 53.3 Å². The zero-order chi connectivity index (χ0) is 13.1. The number of rotatable bonds is 4. The maximum atomic E-state index is 5.22. The molecule has 0 aliphatic carbocycles. The van der Waals surface area contributed by atoms with Gasteiger partial charge in [-0.25, -0.2) is 0 Å². The van der Waals surface area contributed by atoms with Gasteiger partial charge in [0.1, 0.15) is 0 Å². The Balaban J connectivity index is 2.41. The van der Waals surface area contributed by atoms with Crippen molar-refractivity contribution in [1.82, 2.24) is 15.5 Å². The van der Waals surface area contributed by atoms with Crippen molar-refractivity contribution in [2.75, 3.05) is 6.54 Å². The van der Waals surface area contributed by atoms with Gasteiger partial charge < -0.3 is 9.84 Å². The van der Waals surface area contributed by atoms with Gasteiger partial charge >= 0.3 is 0 Å². The summed E-state index contributed by atoms with van der Waals surface area (Å²) in [6, 6.07) is 0. The number of hydrogen-bond donors (Lipinski definition) is 1. The number of nitrogens with one attached hydrogen (secondary N) is 1. The molecule has 1 aromatic rings. The van der Waals surface area contributed by atoms with Gasteiger partial charge in [0.25, 0.3) is 0 Å². The van der Waals surface area contributed by atoms with Crippen molar-refractivity contribution in [2.45, 2.75) is 59.9 Å². The second-order valence-electron chi connectivity index (χ2n) is 6.77. The van der Waals surface area contributed by atoms with Crippen LogP contribution in [0.3, 0.4) is 0 Å². The Kier molecular flexibility index (Phi) is 4.31. The van der Waals surface area contributed by atoms with Gasteiger partial charge in [0, 0.05) is 24.9 Å². The van der Waals surface area contributed by atoms with Crippen LogP contribution in [0, 0.1) is 5.41 Å². The van der Waals surface area contributed by atoms with Crippen LogP contribution in [0.25, 0.3) is 0 Å². The molecule has 0 aromatic carbocycles. The topological polar surface area (TPSA) is 51.0 Å². The lowest BCUT2D eigenvalue weighted by molar-refractivity contribution is 0.346. The molecule has 0 bridgehead atoms. The van der Waals surface area contributed by atoms with Crippen LogP contribution in [-0.4, -0.2) is 22.2 Å². The van der Waals surface area contributed by atoms with E-state index in [0.717, 1.165) is 31.1 Å². The molecular formula is C13H25N3O. The Morgan fingerprint density at radius 3 is 2.29 bits per heavy atom. The first kappa shape index (κ1) is 14.2.